The number of fused-ring (bicyclic) bond motifs is 1. The smallest absolute Gasteiger partial charge is 0.0406 e. The van der Waals surface area contributed by atoms with Crippen molar-refractivity contribution in [3.8, 4) is 0 Å². The van der Waals surface area contributed by atoms with E-state index in [1.54, 1.807) is 0 Å². The van der Waals surface area contributed by atoms with Gasteiger partial charge in [0.25, 0.3) is 0 Å². The van der Waals surface area contributed by atoms with Gasteiger partial charge in [-0.15, -0.1) is 0 Å². The lowest BCUT2D eigenvalue weighted by Gasteiger charge is -2.18. The lowest BCUT2D eigenvalue weighted by molar-refractivity contribution is 0.824. The van der Waals surface area contributed by atoms with Crippen LogP contribution in [0.1, 0.15) is 23.2 Å². The molecule has 2 heterocycles. The van der Waals surface area contributed by atoms with E-state index in [4.69, 9.17) is 0 Å². The second-order valence-electron chi connectivity index (χ2n) is 4.84. The van der Waals surface area contributed by atoms with E-state index in [9.17, 15) is 0 Å². The Kier molecular flexibility index (Phi) is 3.26. The minimum atomic E-state index is 1.02. The van der Waals surface area contributed by atoms with Gasteiger partial charge in [-0.2, -0.15) is 0 Å². The normalized spacial score (nSPS) is 13.8. The molecule has 1 aromatic carbocycles. The van der Waals surface area contributed by atoms with Crippen LogP contribution in [0.15, 0.2) is 42.6 Å². The molecule has 1 aromatic heterocycles. The van der Waals surface area contributed by atoms with Crippen molar-refractivity contribution in [2.24, 2.45) is 0 Å². The first-order chi connectivity index (χ1) is 8.92. The van der Waals surface area contributed by atoms with Crippen LogP contribution in [0.5, 0.6) is 0 Å². The minimum absolute atomic E-state index is 1.02. The van der Waals surface area contributed by atoms with Crippen LogP contribution in [0.3, 0.4) is 0 Å². The molecule has 0 radical (unpaired) electrons. The van der Waals surface area contributed by atoms with Crippen LogP contribution in [-0.4, -0.2) is 11.5 Å². The average Bonchev–Trinajstić information content (AvgIpc) is 2.46. The predicted molar refractivity (Wildman–Crippen MR) is 74.9 cm³/mol. The maximum Gasteiger partial charge on any atom is 0.0406 e. The van der Waals surface area contributed by atoms with Gasteiger partial charge in [-0.1, -0.05) is 18.2 Å². The molecule has 0 atom stereocenters. The predicted octanol–water partition coefficient (Wildman–Crippen LogP) is 3.22. The van der Waals surface area contributed by atoms with E-state index in [1.165, 1.54) is 35.3 Å². The second-order valence-corrected chi connectivity index (χ2v) is 4.84. The Hall–Kier alpha value is -1.83. The molecule has 92 valence electrons. The number of benzene rings is 1. The molecule has 3 rings (SSSR count). The first-order valence-electron chi connectivity index (χ1n) is 6.67. The van der Waals surface area contributed by atoms with E-state index in [0.717, 1.165) is 19.4 Å². The van der Waals surface area contributed by atoms with Crippen molar-refractivity contribution in [1.82, 2.24) is 4.98 Å². The van der Waals surface area contributed by atoms with Gasteiger partial charge >= 0.3 is 0 Å². The van der Waals surface area contributed by atoms with E-state index >= 15 is 0 Å². The highest BCUT2D eigenvalue weighted by atomic mass is 14.9. The van der Waals surface area contributed by atoms with Crippen LogP contribution in [0.2, 0.25) is 0 Å². The van der Waals surface area contributed by atoms with E-state index in [1.807, 2.05) is 12.3 Å². The zero-order valence-corrected chi connectivity index (χ0v) is 10.5. The number of nitrogens with one attached hydrogen (secondary N) is 1. The summed E-state index contributed by atoms with van der Waals surface area (Å²) < 4.78 is 0. The number of rotatable bonds is 3. The SMILES string of the molecule is c1ccc(CCc2ccc3c(c2)CCCN3)nc1. The van der Waals surface area contributed by atoms with Crippen LogP contribution >= 0.6 is 0 Å². The molecule has 1 aliphatic rings. The number of anilines is 1. The van der Waals surface area contributed by atoms with E-state index < -0.39 is 0 Å². The van der Waals surface area contributed by atoms with E-state index in [-0.39, 0.29) is 0 Å². The van der Waals surface area contributed by atoms with Crippen LogP contribution in [-0.2, 0) is 19.3 Å². The summed E-state index contributed by atoms with van der Waals surface area (Å²) in [4.78, 5) is 4.37. The standard InChI is InChI=1S/C16H18N2/c1-2-10-17-15(5-1)8-6-13-7-9-16-14(12-13)4-3-11-18-16/h1-2,5,7,9-10,12,18H,3-4,6,8,11H2. The van der Waals surface area contributed by atoms with Crippen molar-refractivity contribution in [3.63, 3.8) is 0 Å². The number of aryl methyl sites for hydroxylation is 3. The molecule has 2 aromatic rings. The van der Waals surface area contributed by atoms with Gasteiger partial charge in [0, 0.05) is 24.1 Å². The van der Waals surface area contributed by atoms with Gasteiger partial charge in [0.1, 0.15) is 0 Å². The summed E-state index contributed by atoms with van der Waals surface area (Å²) in [5.41, 5.74) is 5.39. The molecular formula is C16H18N2. The number of aromatic nitrogens is 1. The molecule has 0 amide bonds. The van der Waals surface area contributed by atoms with Crippen molar-refractivity contribution in [3.05, 3.63) is 59.4 Å². The van der Waals surface area contributed by atoms with Crippen LogP contribution in [0.4, 0.5) is 5.69 Å². The number of hydrogen-bond acceptors (Lipinski definition) is 2. The Morgan fingerprint density at radius 1 is 1.11 bits per heavy atom. The number of nitrogens with zero attached hydrogens (tertiary/aromatic N) is 1. The molecular weight excluding hydrogens is 220 g/mol. The van der Waals surface area contributed by atoms with Gasteiger partial charge in [-0.25, -0.2) is 0 Å². The Bertz CT molecular complexity index is 520. The molecule has 0 aliphatic carbocycles. The lowest BCUT2D eigenvalue weighted by atomic mass is 9.98. The Morgan fingerprint density at radius 2 is 2.11 bits per heavy atom. The van der Waals surface area contributed by atoms with Gasteiger partial charge < -0.3 is 5.32 Å². The number of hydrogen-bond donors (Lipinski definition) is 1. The molecule has 0 spiro atoms. The third-order valence-corrected chi connectivity index (χ3v) is 3.50. The molecule has 1 N–H and O–H groups in total. The number of pyridine rings is 1. The largest absolute Gasteiger partial charge is 0.385 e. The molecule has 2 heteroatoms. The summed E-state index contributed by atoms with van der Waals surface area (Å²) >= 11 is 0. The van der Waals surface area contributed by atoms with Gasteiger partial charge in [0.2, 0.25) is 0 Å². The zero-order valence-electron chi connectivity index (χ0n) is 10.5. The topological polar surface area (TPSA) is 24.9 Å². The molecule has 0 bridgehead atoms. The summed E-state index contributed by atoms with van der Waals surface area (Å²) in [5, 5.41) is 3.45. The van der Waals surface area contributed by atoms with Crippen LogP contribution in [0, 0.1) is 0 Å². The fourth-order valence-electron chi connectivity index (χ4n) is 2.50. The Labute approximate surface area is 108 Å². The van der Waals surface area contributed by atoms with Gasteiger partial charge in [-0.3, -0.25) is 4.98 Å². The van der Waals surface area contributed by atoms with Crippen LogP contribution < -0.4 is 5.32 Å². The highest BCUT2D eigenvalue weighted by molar-refractivity contribution is 5.54. The summed E-state index contributed by atoms with van der Waals surface area (Å²) in [7, 11) is 0. The summed E-state index contributed by atoms with van der Waals surface area (Å²) in [6, 6.07) is 12.9. The minimum Gasteiger partial charge on any atom is -0.385 e. The third-order valence-electron chi connectivity index (χ3n) is 3.50. The molecule has 0 saturated heterocycles. The summed E-state index contributed by atoms with van der Waals surface area (Å²) in [5.74, 6) is 0. The maximum absolute atomic E-state index is 4.37. The summed E-state index contributed by atoms with van der Waals surface area (Å²) in [6.07, 6.45) is 6.42. The first-order valence-corrected chi connectivity index (χ1v) is 6.67. The molecule has 1 aliphatic heterocycles. The maximum atomic E-state index is 4.37. The monoisotopic (exact) mass is 238 g/mol. The third kappa shape index (κ3) is 2.53. The summed E-state index contributed by atoms with van der Waals surface area (Å²) in [6.45, 7) is 1.11. The highest BCUT2D eigenvalue weighted by Gasteiger charge is 2.08. The molecule has 2 nitrogen and oxygen atoms in total. The van der Waals surface area contributed by atoms with Crippen molar-refractivity contribution in [1.29, 1.82) is 0 Å². The molecule has 0 unspecified atom stereocenters. The quantitative estimate of drug-likeness (QED) is 0.888. The van der Waals surface area contributed by atoms with E-state index in [0.29, 0.717) is 0 Å². The van der Waals surface area contributed by atoms with Gasteiger partial charge in [-0.05, 0) is 55.0 Å². The van der Waals surface area contributed by atoms with Gasteiger partial charge in [0.05, 0.1) is 0 Å². The molecule has 0 saturated carbocycles. The first kappa shape index (κ1) is 11.3. The fourth-order valence-corrected chi connectivity index (χ4v) is 2.50. The van der Waals surface area contributed by atoms with Crippen molar-refractivity contribution in [2.75, 3.05) is 11.9 Å². The van der Waals surface area contributed by atoms with Gasteiger partial charge in [0.15, 0.2) is 0 Å². The fraction of sp³-hybridized carbons (Fsp3) is 0.312. The Balaban J connectivity index is 1.70. The molecule has 0 fully saturated rings. The van der Waals surface area contributed by atoms with E-state index in [2.05, 4.69) is 40.6 Å². The highest BCUT2D eigenvalue weighted by Crippen LogP contribution is 2.23. The second kappa shape index (κ2) is 5.21. The van der Waals surface area contributed by atoms with Crippen molar-refractivity contribution >= 4 is 5.69 Å². The zero-order chi connectivity index (χ0) is 12.2. The van der Waals surface area contributed by atoms with Crippen molar-refractivity contribution in [2.45, 2.75) is 25.7 Å². The average molecular weight is 238 g/mol. The lowest BCUT2D eigenvalue weighted by Crippen LogP contribution is -2.11. The van der Waals surface area contributed by atoms with Crippen LogP contribution in [0.25, 0.3) is 0 Å². The van der Waals surface area contributed by atoms with Crippen molar-refractivity contribution < 1.29 is 0 Å². The molecule has 18 heavy (non-hydrogen) atoms. The Morgan fingerprint density at radius 3 is 3.00 bits per heavy atom.